The Kier molecular flexibility index (Phi) is 3.23. The second-order valence-corrected chi connectivity index (χ2v) is 5.65. The van der Waals surface area contributed by atoms with Gasteiger partial charge in [0.15, 0.2) is 0 Å². The van der Waals surface area contributed by atoms with E-state index >= 15 is 0 Å². The van der Waals surface area contributed by atoms with Gasteiger partial charge < -0.3 is 0 Å². The molecule has 0 spiro atoms. The van der Waals surface area contributed by atoms with Crippen LogP contribution in [0.5, 0.6) is 0 Å². The fourth-order valence-corrected chi connectivity index (χ4v) is 3.28. The van der Waals surface area contributed by atoms with E-state index in [9.17, 15) is 10.5 Å². The lowest BCUT2D eigenvalue weighted by molar-refractivity contribution is 1.44. The summed E-state index contributed by atoms with van der Waals surface area (Å²) in [5.74, 6) is 0. The monoisotopic (exact) mass is 304 g/mol. The summed E-state index contributed by atoms with van der Waals surface area (Å²) >= 11 is 0. The van der Waals surface area contributed by atoms with Gasteiger partial charge in [0.2, 0.25) is 0 Å². The number of fused-ring (bicyclic) bond motifs is 2. The van der Waals surface area contributed by atoms with E-state index in [1.807, 2.05) is 48.5 Å². The molecular formula is C22H12N2. The van der Waals surface area contributed by atoms with Crippen LogP contribution in [-0.4, -0.2) is 0 Å². The third-order valence-electron chi connectivity index (χ3n) is 4.34. The fraction of sp³-hybridized carbons (Fsp3) is 0. The second kappa shape index (κ2) is 5.54. The Labute approximate surface area is 139 Å². The largest absolute Gasteiger partial charge is 0.192 e. The highest BCUT2D eigenvalue weighted by molar-refractivity contribution is 6.08. The molecule has 0 aliphatic carbocycles. The van der Waals surface area contributed by atoms with Gasteiger partial charge >= 0.3 is 0 Å². The minimum atomic E-state index is 0.416. The highest BCUT2D eigenvalue weighted by Crippen LogP contribution is 2.37. The number of benzene rings is 4. The van der Waals surface area contributed by atoms with Crippen molar-refractivity contribution in [3.63, 3.8) is 0 Å². The lowest BCUT2D eigenvalue weighted by Crippen LogP contribution is -1.93. The minimum absolute atomic E-state index is 0.416. The molecule has 0 atom stereocenters. The lowest BCUT2D eigenvalue weighted by atomic mass is 9.88. The van der Waals surface area contributed by atoms with Crippen LogP contribution in [0.15, 0.2) is 72.8 Å². The zero-order chi connectivity index (χ0) is 16.5. The molecule has 0 radical (unpaired) electrons. The topological polar surface area (TPSA) is 47.6 Å². The third-order valence-corrected chi connectivity index (χ3v) is 4.34. The summed E-state index contributed by atoms with van der Waals surface area (Å²) in [6.45, 7) is 0. The predicted octanol–water partition coefficient (Wildman–Crippen LogP) is 5.40. The molecule has 0 aromatic heterocycles. The number of nitrogens with zero attached hydrogens (tertiary/aromatic N) is 2. The highest BCUT2D eigenvalue weighted by atomic mass is 14.3. The molecule has 0 amide bonds. The average molecular weight is 304 g/mol. The van der Waals surface area contributed by atoms with Crippen LogP contribution in [0.1, 0.15) is 11.1 Å². The number of rotatable bonds is 1. The van der Waals surface area contributed by atoms with Gasteiger partial charge in [0.05, 0.1) is 11.1 Å². The van der Waals surface area contributed by atoms with Crippen LogP contribution in [0.25, 0.3) is 32.7 Å². The Morgan fingerprint density at radius 3 is 2.04 bits per heavy atom. The molecule has 0 saturated carbocycles. The van der Waals surface area contributed by atoms with Crippen molar-refractivity contribution in [1.29, 1.82) is 10.5 Å². The van der Waals surface area contributed by atoms with Crippen molar-refractivity contribution in [2.45, 2.75) is 0 Å². The maximum absolute atomic E-state index is 9.72. The van der Waals surface area contributed by atoms with Crippen LogP contribution in [0.2, 0.25) is 0 Å². The van der Waals surface area contributed by atoms with Crippen LogP contribution in [-0.2, 0) is 0 Å². The first-order valence-electron chi connectivity index (χ1n) is 7.67. The lowest BCUT2D eigenvalue weighted by Gasteiger charge is -2.13. The van der Waals surface area contributed by atoms with E-state index in [-0.39, 0.29) is 0 Å². The minimum Gasteiger partial charge on any atom is -0.192 e. The Bertz CT molecular complexity index is 1170. The molecule has 0 fully saturated rings. The van der Waals surface area contributed by atoms with Gasteiger partial charge in [-0.3, -0.25) is 0 Å². The van der Waals surface area contributed by atoms with Crippen molar-refractivity contribution in [3.8, 4) is 23.3 Å². The summed E-state index contributed by atoms with van der Waals surface area (Å²) in [6, 6.07) is 28.3. The standard InChI is InChI=1S/C22H12N2/c23-13-17-12-16-7-2-4-10-19(16)22(21(17)14-24)20-11-5-8-15-6-1-3-9-18(15)20/h1-12H. The van der Waals surface area contributed by atoms with E-state index in [1.165, 1.54) is 0 Å². The van der Waals surface area contributed by atoms with Gasteiger partial charge in [-0.05, 0) is 33.2 Å². The molecule has 0 aliphatic rings. The number of hydrogen-bond donors (Lipinski definition) is 0. The van der Waals surface area contributed by atoms with E-state index in [2.05, 4.69) is 30.3 Å². The van der Waals surface area contributed by atoms with Gasteiger partial charge in [0, 0.05) is 5.56 Å². The van der Waals surface area contributed by atoms with E-state index in [0.717, 1.165) is 32.7 Å². The molecule has 0 heterocycles. The van der Waals surface area contributed by atoms with Gasteiger partial charge in [0.1, 0.15) is 12.1 Å². The Morgan fingerprint density at radius 2 is 1.29 bits per heavy atom. The molecule has 2 heteroatoms. The van der Waals surface area contributed by atoms with E-state index in [1.54, 1.807) is 6.07 Å². The van der Waals surface area contributed by atoms with Crippen molar-refractivity contribution in [3.05, 3.63) is 83.9 Å². The first-order valence-corrected chi connectivity index (χ1v) is 7.67. The summed E-state index contributed by atoms with van der Waals surface area (Å²) in [5.41, 5.74) is 2.67. The zero-order valence-electron chi connectivity index (χ0n) is 12.8. The number of hydrogen-bond acceptors (Lipinski definition) is 2. The Balaban J connectivity index is 2.24. The summed E-state index contributed by atoms with van der Waals surface area (Å²) < 4.78 is 0. The van der Waals surface area contributed by atoms with E-state index in [0.29, 0.717) is 11.1 Å². The highest BCUT2D eigenvalue weighted by Gasteiger charge is 2.16. The number of nitriles is 2. The van der Waals surface area contributed by atoms with Crippen molar-refractivity contribution >= 4 is 21.5 Å². The van der Waals surface area contributed by atoms with Gasteiger partial charge in [-0.1, -0.05) is 66.7 Å². The van der Waals surface area contributed by atoms with E-state index < -0.39 is 0 Å². The van der Waals surface area contributed by atoms with Gasteiger partial charge in [0.25, 0.3) is 0 Å². The average Bonchev–Trinajstić information content (AvgIpc) is 2.66. The van der Waals surface area contributed by atoms with Gasteiger partial charge in [-0.15, -0.1) is 0 Å². The molecule has 0 aliphatic heterocycles. The molecular weight excluding hydrogens is 292 g/mol. The fourth-order valence-electron chi connectivity index (χ4n) is 3.28. The van der Waals surface area contributed by atoms with Crippen molar-refractivity contribution in [2.24, 2.45) is 0 Å². The molecule has 0 bridgehead atoms. The molecule has 0 saturated heterocycles. The van der Waals surface area contributed by atoms with Crippen molar-refractivity contribution in [1.82, 2.24) is 0 Å². The van der Waals surface area contributed by atoms with Crippen LogP contribution < -0.4 is 0 Å². The first-order chi connectivity index (χ1) is 11.8. The molecule has 2 nitrogen and oxygen atoms in total. The van der Waals surface area contributed by atoms with Crippen molar-refractivity contribution < 1.29 is 0 Å². The molecule has 4 aromatic rings. The molecule has 0 unspecified atom stereocenters. The molecule has 4 rings (SSSR count). The summed E-state index contributed by atoms with van der Waals surface area (Å²) in [4.78, 5) is 0. The maximum atomic E-state index is 9.72. The van der Waals surface area contributed by atoms with Crippen LogP contribution in [0, 0.1) is 22.7 Å². The maximum Gasteiger partial charge on any atom is 0.101 e. The first kappa shape index (κ1) is 14.0. The predicted molar refractivity (Wildman–Crippen MR) is 96.3 cm³/mol. The van der Waals surface area contributed by atoms with Gasteiger partial charge in [-0.2, -0.15) is 10.5 Å². The Hall–Kier alpha value is -3.62. The van der Waals surface area contributed by atoms with Crippen LogP contribution in [0.4, 0.5) is 0 Å². The normalized spacial score (nSPS) is 10.4. The van der Waals surface area contributed by atoms with Crippen molar-refractivity contribution in [2.75, 3.05) is 0 Å². The van der Waals surface area contributed by atoms with E-state index in [4.69, 9.17) is 0 Å². The third kappa shape index (κ3) is 2.02. The summed E-state index contributed by atoms with van der Waals surface area (Å²) in [6.07, 6.45) is 0. The molecule has 24 heavy (non-hydrogen) atoms. The zero-order valence-corrected chi connectivity index (χ0v) is 12.8. The van der Waals surface area contributed by atoms with Crippen LogP contribution >= 0.6 is 0 Å². The quantitative estimate of drug-likeness (QED) is 0.472. The SMILES string of the molecule is N#Cc1cc2ccccc2c(-c2cccc3ccccc23)c1C#N. The second-order valence-electron chi connectivity index (χ2n) is 5.65. The molecule has 110 valence electrons. The van der Waals surface area contributed by atoms with Gasteiger partial charge in [-0.25, -0.2) is 0 Å². The molecule has 4 aromatic carbocycles. The summed E-state index contributed by atoms with van der Waals surface area (Å²) in [5, 5.41) is 23.4. The smallest absolute Gasteiger partial charge is 0.101 e. The molecule has 0 N–H and O–H groups in total. The van der Waals surface area contributed by atoms with Crippen LogP contribution in [0.3, 0.4) is 0 Å². The Morgan fingerprint density at radius 1 is 0.625 bits per heavy atom. The summed E-state index contributed by atoms with van der Waals surface area (Å²) in [7, 11) is 0.